The second kappa shape index (κ2) is 6.19. The maximum absolute atomic E-state index is 5.82. The van der Waals surface area contributed by atoms with Crippen molar-refractivity contribution in [1.29, 1.82) is 0 Å². The molecule has 4 rings (SSSR count). The highest BCUT2D eigenvalue weighted by Gasteiger charge is 2.45. The Kier molecular flexibility index (Phi) is 4.24. The van der Waals surface area contributed by atoms with Gasteiger partial charge in [0.15, 0.2) is 0 Å². The van der Waals surface area contributed by atoms with Gasteiger partial charge in [-0.1, -0.05) is 0 Å². The van der Waals surface area contributed by atoms with Crippen molar-refractivity contribution in [1.82, 2.24) is 14.8 Å². The Labute approximate surface area is 137 Å². The normalized spacial score (nSPS) is 33.3. The first-order valence-electron chi connectivity index (χ1n) is 8.62. The number of methoxy groups -OCH3 is 1. The van der Waals surface area contributed by atoms with E-state index < -0.39 is 0 Å². The van der Waals surface area contributed by atoms with Gasteiger partial charge in [0.25, 0.3) is 0 Å². The number of piperidine rings is 1. The van der Waals surface area contributed by atoms with Gasteiger partial charge in [0.1, 0.15) is 0 Å². The smallest absolute Gasteiger partial charge is 0.0798 e. The number of likely N-dealkylation sites (tertiary alicyclic amines) is 2. The molecule has 4 nitrogen and oxygen atoms in total. The van der Waals surface area contributed by atoms with Gasteiger partial charge < -0.3 is 9.64 Å². The van der Waals surface area contributed by atoms with Crippen LogP contribution in [0.5, 0.6) is 0 Å². The second-order valence-electron chi connectivity index (χ2n) is 7.29. The Morgan fingerprint density at radius 3 is 2.86 bits per heavy atom. The average Bonchev–Trinajstić information content (AvgIpc) is 3.07. The third-order valence-electron chi connectivity index (χ3n) is 5.76. The molecule has 22 heavy (non-hydrogen) atoms. The van der Waals surface area contributed by atoms with Crippen LogP contribution >= 0.6 is 11.3 Å². The van der Waals surface area contributed by atoms with Crippen LogP contribution in [-0.4, -0.2) is 60.2 Å². The number of ether oxygens (including phenoxy) is 1. The molecule has 122 valence electrons. The molecule has 0 radical (unpaired) electrons. The summed E-state index contributed by atoms with van der Waals surface area (Å²) >= 11 is 1.81. The molecule has 1 aromatic rings. The summed E-state index contributed by atoms with van der Waals surface area (Å²) in [6.07, 6.45) is 4.52. The molecule has 0 unspecified atom stereocenters. The lowest BCUT2D eigenvalue weighted by Gasteiger charge is -2.41. The van der Waals surface area contributed by atoms with E-state index in [1.54, 1.807) is 0 Å². The number of aryl methyl sites for hydroxylation is 1. The van der Waals surface area contributed by atoms with E-state index in [0.29, 0.717) is 18.1 Å². The molecule has 0 amide bonds. The number of fused-ring (bicyclic) bond motifs is 1. The first kappa shape index (κ1) is 15.1. The van der Waals surface area contributed by atoms with E-state index >= 15 is 0 Å². The number of nitrogens with zero attached hydrogens (tertiary/aromatic N) is 3. The van der Waals surface area contributed by atoms with E-state index in [2.05, 4.69) is 21.7 Å². The van der Waals surface area contributed by atoms with Crippen molar-refractivity contribution >= 4 is 11.3 Å². The van der Waals surface area contributed by atoms with Crippen molar-refractivity contribution in [2.45, 2.75) is 44.9 Å². The van der Waals surface area contributed by atoms with E-state index in [0.717, 1.165) is 19.0 Å². The van der Waals surface area contributed by atoms with Gasteiger partial charge in [0, 0.05) is 56.7 Å². The molecule has 2 saturated heterocycles. The molecule has 0 bridgehead atoms. The van der Waals surface area contributed by atoms with Crippen molar-refractivity contribution < 1.29 is 4.74 Å². The topological polar surface area (TPSA) is 28.6 Å². The summed E-state index contributed by atoms with van der Waals surface area (Å²) in [5.74, 6) is 1.67. The van der Waals surface area contributed by atoms with Crippen LogP contribution in [0.4, 0.5) is 0 Å². The van der Waals surface area contributed by atoms with Crippen molar-refractivity contribution in [2.24, 2.45) is 11.8 Å². The van der Waals surface area contributed by atoms with Crippen molar-refractivity contribution in [3.63, 3.8) is 0 Å². The molecule has 1 aromatic heterocycles. The molecule has 1 aliphatic carbocycles. The fourth-order valence-corrected chi connectivity index (χ4v) is 5.09. The molecular formula is C17H27N3OS. The van der Waals surface area contributed by atoms with Crippen LogP contribution in [-0.2, 0) is 11.3 Å². The predicted octanol–water partition coefficient (Wildman–Crippen LogP) is 2.38. The Morgan fingerprint density at radius 1 is 1.32 bits per heavy atom. The lowest BCUT2D eigenvalue weighted by Crippen LogP contribution is -2.50. The highest BCUT2D eigenvalue weighted by molar-refractivity contribution is 7.09. The fourth-order valence-electron chi connectivity index (χ4n) is 4.28. The van der Waals surface area contributed by atoms with Gasteiger partial charge in [-0.3, -0.25) is 4.90 Å². The van der Waals surface area contributed by atoms with Crippen LogP contribution in [0.2, 0.25) is 0 Å². The van der Waals surface area contributed by atoms with Gasteiger partial charge in [-0.25, -0.2) is 4.98 Å². The van der Waals surface area contributed by atoms with E-state index in [9.17, 15) is 0 Å². The number of hydrogen-bond acceptors (Lipinski definition) is 5. The summed E-state index contributed by atoms with van der Waals surface area (Å²) in [6.45, 7) is 8.16. The molecule has 1 saturated carbocycles. The lowest BCUT2D eigenvalue weighted by molar-refractivity contribution is -0.0242. The van der Waals surface area contributed by atoms with Gasteiger partial charge in [0.2, 0.25) is 0 Å². The van der Waals surface area contributed by atoms with Crippen LogP contribution in [0, 0.1) is 18.8 Å². The third kappa shape index (κ3) is 2.96. The van der Waals surface area contributed by atoms with E-state index in [1.165, 1.54) is 49.5 Å². The molecule has 3 heterocycles. The molecule has 0 spiro atoms. The molecule has 3 fully saturated rings. The monoisotopic (exact) mass is 321 g/mol. The number of rotatable bonds is 5. The average molecular weight is 321 g/mol. The molecule has 0 aromatic carbocycles. The van der Waals surface area contributed by atoms with Crippen LogP contribution in [0.15, 0.2) is 5.51 Å². The molecular weight excluding hydrogens is 294 g/mol. The summed E-state index contributed by atoms with van der Waals surface area (Å²) in [6, 6.07) is 0.666. The summed E-state index contributed by atoms with van der Waals surface area (Å²) < 4.78 is 5.82. The van der Waals surface area contributed by atoms with E-state index in [-0.39, 0.29) is 0 Å². The van der Waals surface area contributed by atoms with Crippen LogP contribution in [0.25, 0.3) is 0 Å². The third-order valence-corrected chi connectivity index (χ3v) is 6.68. The minimum absolute atomic E-state index is 0.452. The summed E-state index contributed by atoms with van der Waals surface area (Å²) in [5.41, 5.74) is 3.20. The maximum Gasteiger partial charge on any atom is 0.0798 e. The van der Waals surface area contributed by atoms with Crippen LogP contribution in [0.3, 0.4) is 0 Å². The van der Waals surface area contributed by atoms with Crippen LogP contribution in [0.1, 0.15) is 29.8 Å². The number of thiazole rings is 1. The van der Waals surface area contributed by atoms with Crippen molar-refractivity contribution in [3.05, 3.63) is 16.1 Å². The molecule has 3 aliphatic rings. The van der Waals surface area contributed by atoms with Crippen LogP contribution < -0.4 is 0 Å². The predicted molar refractivity (Wildman–Crippen MR) is 89.1 cm³/mol. The highest BCUT2D eigenvalue weighted by Crippen LogP contribution is 2.37. The first-order chi connectivity index (χ1) is 10.7. The second-order valence-corrected chi connectivity index (χ2v) is 8.23. The largest absolute Gasteiger partial charge is 0.381 e. The summed E-state index contributed by atoms with van der Waals surface area (Å²) in [4.78, 5) is 11.3. The zero-order chi connectivity index (χ0) is 15.1. The Hall–Kier alpha value is -0.490. The zero-order valence-electron chi connectivity index (χ0n) is 13.7. The Bertz CT molecular complexity index is 516. The molecule has 3 atom stereocenters. The van der Waals surface area contributed by atoms with E-state index in [1.807, 2.05) is 24.0 Å². The summed E-state index contributed by atoms with van der Waals surface area (Å²) in [7, 11) is 1.90. The lowest BCUT2D eigenvalue weighted by atomic mass is 9.89. The maximum atomic E-state index is 5.82. The van der Waals surface area contributed by atoms with Gasteiger partial charge in [-0.15, -0.1) is 11.3 Å². The van der Waals surface area contributed by atoms with Gasteiger partial charge in [-0.2, -0.15) is 0 Å². The highest BCUT2D eigenvalue weighted by atomic mass is 32.1. The first-order valence-corrected chi connectivity index (χ1v) is 9.50. The SMILES string of the molecule is CO[C@@H]1CCN(Cc2scnc2C)[C@H]2CN(CC3CC3)C[C@@H]12. The van der Waals surface area contributed by atoms with E-state index in [4.69, 9.17) is 4.74 Å². The standard InChI is InChI=1S/C17H27N3OS/c1-12-17(22-11-18-12)10-20-6-5-16(21-2)14-8-19(9-15(14)20)7-13-3-4-13/h11,13-16H,3-10H2,1-2H3/t14-,15+,16-/m1/s1. The Morgan fingerprint density at radius 2 is 2.18 bits per heavy atom. The molecule has 0 N–H and O–H groups in total. The number of aromatic nitrogens is 1. The minimum atomic E-state index is 0.452. The van der Waals surface area contributed by atoms with Gasteiger partial charge in [0.05, 0.1) is 17.3 Å². The quantitative estimate of drug-likeness (QED) is 0.832. The molecule has 5 heteroatoms. The van der Waals surface area contributed by atoms with Gasteiger partial charge in [-0.05, 0) is 32.1 Å². The van der Waals surface area contributed by atoms with Crippen molar-refractivity contribution in [2.75, 3.05) is 33.3 Å². The number of hydrogen-bond donors (Lipinski definition) is 0. The Balaban J connectivity index is 1.47. The zero-order valence-corrected chi connectivity index (χ0v) is 14.5. The molecule has 2 aliphatic heterocycles. The van der Waals surface area contributed by atoms with Crippen molar-refractivity contribution in [3.8, 4) is 0 Å². The minimum Gasteiger partial charge on any atom is -0.381 e. The van der Waals surface area contributed by atoms with Gasteiger partial charge >= 0.3 is 0 Å². The fraction of sp³-hybridized carbons (Fsp3) is 0.824. The summed E-state index contributed by atoms with van der Waals surface area (Å²) in [5, 5.41) is 0.